The quantitative estimate of drug-likeness (QED) is 0.652. The first-order valence-electron chi connectivity index (χ1n) is 5.53. The van der Waals surface area contributed by atoms with Gasteiger partial charge in [0.1, 0.15) is 0 Å². The van der Waals surface area contributed by atoms with Gasteiger partial charge in [-0.2, -0.15) is 0 Å². The van der Waals surface area contributed by atoms with Crippen LogP contribution in [-0.4, -0.2) is 25.3 Å². The Hall–Kier alpha value is -0.570. The van der Waals surface area contributed by atoms with Crippen LogP contribution in [0, 0.1) is 5.92 Å². The number of carbonyl (C=O) groups is 1. The Morgan fingerprint density at radius 2 is 2.29 bits per heavy atom. The van der Waals surface area contributed by atoms with Crippen molar-refractivity contribution in [2.75, 3.05) is 13.2 Å². The smallest absolute Gasteiger partial charge is 0.306 e. The standard InChI is InChI=1S/C11H20O3/c1-3-10-7-9(5-6-14-10)8-11(12)13-4-2/h9-10H,3-8H2,1-2H3. The zero-order valence-corrected chi connectivity index (χ0v) is 9.12. The van der Waals surface area contributed by atoms with E-state index in [2.05, 4.69) is 6.92 Å². The second-order valence-corrected chi connectivity index (χ2v) is 3.80. The van der Waals surface area contributed by atoms with Crippen LogP contribution in [0.3, 0.4) is 0 Å². The molecule has 14 heavy (non-hydrogen) atoms. The molecule has 0 amide bonds. The molecule has 0 bridgehead atoms. The molecule has 1 heterocycles. The van der Waals surface area contributed by atoms with E-state index in [1.807, 2.05) is 6.92 Å². The molecule has 3 heteroatoms. The van der Waals surface area contributed by atoms with E-state index in [1.165, 1.54) is 0 Å². The Kier molecular flexibility index (Phi) is 4.94. The predicted octanol–water partition coefficient (Wildman–Crippen LogP) is 2.14. The SMILES string of the molecule is CCOC(=O)CC1CCOC(CC)C1. The lowest BCUT2D eigenvalue weighted by atomic mass is 9.91. The summed E-state index contributed by atoms with van der Waals surface area (Å²) < 4.78 is 10.5. The minimum atomic E-state index is -0.0609. The highest BCUT2D eigenvalue weighted by atomic mass is 16.5. The zero-order chi connectivity index (χ0) is 10.4. The third-order valence-electron chi connectivity index (χ3n) is 2.69. The maximum absolute atomic E-state index is 11.2. The molecule has 0 aromatic carbocycles. The molecular formula is C11H20O3. The second-order valence-electron chi connectivity index (χ2n) is 3.80. The molecule has 0 radical (unpaired) electrons. The van der Waals surface area contributed by atoms with Crippen LogP contribution in [0.1, 0.15) is 39.5 Å². The maximum atomic E-state index is 11.2. The molecular weight excluding hydrogens is 180 g/mol. The van der Waals surface area contributed by atoms with Crippen LogP contribution in [-0.2, 0) is 14.3 Å². The van der Waals surface area contributed by atoms with Gasteiger partial charge in [0.15, 0.2) is 0 Å². The van der Waals surface area contributed by atoms with Crippen LogP contribution in [0.5, 0.6) is 0 Å². The summed E-state index contributed by atoms with van der Waals surface area (Å²) >= 11 is 0. The molecule has 0 N–H and O–H groups in total. The average molecular weight is 200 g/mol. The average Bonchev–Trinajstić information content (AvgIpc) is 2.18. The van der Waals surface area contributed by atoms with Crippen molar-refractivity contribution in [3.05, 3.63) is 0 Å². The fourth-order valence-corrected chi connectivity index (χ4v) is 1.88. The van der Waals surface area contributed by atoms with Gasteiger partial charge in [-0.1, -0.05) is 6.92 Å². The van der Waals surface area contributed by atoms with Crippen LogP contribution in [0.25, 0.3) is 0 Å². The van der Waals surface area contributed by atoms with Gasteiger partial charge in [0.2, 0.25) is 0 Å². The summed E-state index contributed by atoms with van der Waals surface area (Å²) in [7, 11) is 0. The van der Waals surface area contributed by atoms with Gasteiger partial charge in [-0.05, 0) is 32.1 Å². The molecule has 0 spiro atoms. The molecule has 1 saturated heterocycles. The minimum Gasteiger partial charge on any atom is -0.466 e. The van der Waals surface area contributed by atoms with Crippen LogP contribution < -0.4 is 0 Å². The van der Waals surface area contributed by atoms with Gasteiger partial charge >= 0.3 is 5.97 Å². The van der Waals surface area contributed by atoms with Crippen molar-refractivity contribution in [2.45, 2.75) is 45.6 Å². The van der Waals surface area contributed by atoms with Gasteiger partial charge in [-0.25, -0.2) is 0 Å². The lowest BCUT2D eigenvalue weighted by Crippen LogP contribution is -2.27. The van der Waals surface area contributed by atoms with Crippen LogP contribution >= 0.6 is 0 Å². The van der Waals surface area contributed by atoms with Crippen LogP contribution in [0.15, 0.2) is 0 Å². The van der Waals surface area contributed by atoms with Crippen LogP contribution in [0.2, 0.25) is 0 Å². The summed E-state index contributed by atoms with van der Waals surface area (Å²) in [6.45, 7) is 5.25. The first kappa shape index (κ1) is 11.5. The summed E-state index contributed by atoms with van der Waals surface area (Å²) in [5.41, 5.74) is 0. The molecule has 0 aliphatic carbocycles. The highest BCUT2D eigenvalue weighted by Crippen LogP contribution is 2.24. The van der Waals surface area contributed by atoms with E-state index < -0.39 is 0 Å². The van der Waals surface area contributed by atoms with Crippen LogP contribution in [0.4, 0.5) is 0 Å². The van der Waals surface area contributed by atoms with Gasteiger partial charge in [-0.15, -0.1) is 0 Å². The summed E-state index contributed by atoms with van der Waals surface area (Å²) in [6, 6.07) is 0. The van der Waals surface area contributed by atoms with Crippen molar-refractivity contribution in [3.63, 3.8) is 0 Å². The molecule has 1 aliphatic heterocycles. The Balaban J connectivity index is 2.26. The first-order chi connectivity index (χ1) is 6.76. The van der Waals surface area contributed by atoms with Crippen molar-refractivity contribution in [2.24, 2.45) is 5.92 Å². The number of ether oxygens (including phenoxy) is 2. The summed E-state index contributed by atoms with van der Waals surface area (Å²) in [4.78, 5) is 11.2. The number of hydrogen-bond acceptors (Lipinski definition) is 3. The molecule has 0 aromatic heterocycles. The highest BCUT2D eigenvalue weighted by molar-refractivity contribution is 5.69. The van der Waals surface area contributed by atoms with Crippen molar-refractivity contribution in [1.29, 1.82) is 0 Å². The van der Waals surface area contributed by atoms with Crippen molar-refractivity contribution in [1.82, 2.24) is 0 Å². The van der Waals surface area contributed by atoms with Gasteiger partial charge in [-0.3, -0.25) is 4.79 Å². The molecule has 2 atom stereocenters. The molecule has 2 unspecified atom stereocenters. The van der Waals surface area contributed by atoms with E-state index in [-0.39, 0.29) is 5.97 Å². The largest absolute Gasteiger partial charge is 0.466 e. The molecule has 1 aliphatic rings. The predicted molar refractivity (Wildman–Crippen MR) is 54.0 cm³/mol. The molecule has 1 rings (SSSR count). The number of hydrogen-bond donors (Lipinski definition) is 0. The van der Waals surface area contributed by atoms with E-state index in [9.17, 15) is 4.79 Å². The fourth-order valence-electron chi connectivity index (χ4n) is 1.88. The number of esters is 1. The van der Waals surface area contributed by atoms with Crippen molar-refractivity contribution in [3.8, 4) is 0 Å². The Bertz CT molecular complexity index is 179. The zero-order valence-electron chi connectivity index (χ0n) is 9.12. The molecule has 1 fully saturated rings. The third-order valence-corrected chi connectivity index (χ3v) is 2.69. The van der Waals surface area contributed by atoms with E-state index in [0.29, 0.717) is 25.0 Å². The van der Waals surface area contributed by atoms with Crippen molar-refractivity contribution < 1.29 is 14.3 Å². The van der Waals surface area contributed by atoms with Gasteiger partial charge in [0.25, 0.3) is 0 Å². The van der Waals surface area contributed by atoms with Gasteiger partial charge in [0, 0.05) is 13.0 Å². The lowest BCUT2D eigenvalue weighted by molar-refractivity contribution is -0.145. The third kappa shape index (κ3) is 3.66. The monoisotopic (exact) mass is 200 g/mol. The maximum Gasteiger partial charge on any atom is 0.306 e. The normalized spacial score (nSPS) is 27.3. The first-order valence-corrected chi connectivity index (χ1v) is 5.53. The fraction of sp³-hybridized carbons (Fsp3) is 0.909. The molecule has 82 valence electrons. The molecule has 3 nitrogen and oxygen atoms in total. The summed E-state index contributed by atoms with van der Waals surface area (Å²) in [6.07, 6.45) is 3.96. The van der Waals surface area contributed by atoms with E-state index >= 15 is 0 Å². The number of rotatable bonds is 4. The Morgan fingerprint density at radius 1 is 1.50 bits per heavy atom. The van der Waals surface area contributed by atoms with E-state index in [1.54, 1.807) is 0 Å². The second kappa shape index (κ2) is 6.02. The minimum absolute atomic E-state index is 0.0609. The summed E-state index contributed by atoms with van der Waals surface area (Å²) in [5, 5.41) is 0. The lowest BCUT2D eigenvalue weighted by Gasteiger charge is -2.28. The Labute approximate surface area is 85.8 Å². The van der Waals surface area contributed by atoms with E-state index in [0.717, 1.165) is 25.9 Å². The highest BCUT2D eigenvalue weighted by Gasteiger charge is 2.23. The molecule has 0 aromatic rings. The van der Waals surface area contributed by atoms with E-state index in [4.69, 9.17) is 9.47 Å². The summed E-state index contributed by atoms with van der Waals surface area (Å²) in [5.74, 6) is 0.405. The van der Waals surface area contributed by atoms with Gasteiger partial charge < -0.3 is 9.47 Å². The topological polar surface area (TPSA) is 35.5 Å². The van der Waals surface area contributed by atoms with Gasteiger partial charge in [0.05, 0.1) is 12.7 Å². The molecule has 0 saturated carbocycles. The Morgan fingerprint density at radius 3 is 2.93 bits per heavy atom. The van der Waals surface area contributed by atoms with Crippen molar-refractivity contribution >= 4 is 5.97 Å². The number of carbonyl (C=O) groups excluding carboxylic acids is 1.